The second kappa shape index (κ2) is 9.40. The molecule has 1 saturated heterocycles. The number of piperazine rings is 1. The molecule has 1 heterocycles. The summed E-state index contributed by atoms with van der Waals surface area (Å²) in [5.74, 6) is 0.469. The van der Waals surface area contributed by atoms with Crippen LogP contribution in [0.4, 0.5) is 15.3 Å². The van der Waals surface area contributed by atoms with Gasteiger partial charge in [0.2, 0.25) is 0 Å². The van der Waals surface area contributed by atoms with Gasteiger partial charge in [0.15, 0.2) is 0 Å². The van der Waals surface area contributed by atoms with Crippen molar-refractivity contribution in [3.63, 3.8) is 0 Å². The first-order valence-electron chi connectivity index (χ1n) is 8.89. The van der Waals surface area contributed by atoms with Gasteiger partial charge in [0.25, 0.3) is 0 Å². The van der Waals surface area contributed by atoms with Crippen LogP contribution in [0.1, 0.15) is 12.5 Å². The molecule has 1 aliphatic heterocycles. The molecule has 1 aromatic rings. The van der Waals surface area contributed by atoms with Crippen LogP contribution >= 0.6 is 0 Å². The molecule has 26 heavy (non-hydrogen) atoms. The summed E-state index contributed by atoms with van der Waals surface area (Å²) in [6, 6.07) is 4.58. The zero-order valence-corrected chi connectivity index (χ0v) is 16.0. The summed E-state index contributed by atoms with van der Waals surface area (Å²) in [4.78, 5) is 30.3. The highest BCUT2D eigenvalue weighted by Gasteiger charge is 2.25. The van der Waals surface area contributed by atoms with Crippen molar-refractivity contribution in [2.24, 2.45) is 0 Å². The summed E-state index contributed by atoms with van der Waals surface area (Å²) >= 11 is 0. The summed E-state index contributed by atoms with van der Waals surface area (Å²) in [5.41, 5.74) is 1.46. The number of amides is 4. The van der Waals surface area contributed by atoms with Crippen molar-refractivity contribution in [2.45, 2.75) is 13.5 Å². The number of urea groups is 2. The zero-order valence-electron chi connectivity index (χ0n) is 16.0. The van der Waals surface area contributed by atoms with Crippen molar-refractivity contribution in [3.8, 4) is 5.75 Å². The van der Waals surface area contributed by atoms with E-state index >= 15 is 0 Å². The summed E-state index contributed by atoms with van der Waals surface area (Å²) < 4.78 is 5.37. The molecule has 1 aliphatic rings. The van der Waals surface area contributed by atoms with Gasteiger partial charge in [0.1, 0.15) is 5.75 Å². The maximum atomic E-state index is 12.2. The number of hydrogen-bond acceptors (Lipinski definition) is 5. The van der Waals surface area contributed by atoms with Crippen LogP contribution < -0.4 is 20.3 Å². The fourth-order valence-corrected chi connectivity index (χ4v) is 3.07. The van der Waals surface area contributed by atoms with Gasteiger partial charge in [-0.05, 0) is 24.2 Å². The Balaban J connectivity index is 2.24. The number of carbonyl (C=O) groups excluding carboxylic acids is 2. The van der Waals surface area contributed by atoms with E-state index in [4.69, 9.17) is 4.74 Å². The van der Waals surface area contributed by atoms with Crippen LogP contribution in [0, 0.1) is 0 Å². The number of nitrogens with one attached hydrogen (secondary N) is 2. The van der Waals surface area contributed by atoms with Gasteiger partial charge in [-0.2, -0.15) is 0 Å². The number of ether oxygens (including phenoxy) is 1. The molecule has 0 radical (unpaired) electrons. The van der Waals surface area contributed by atoms with Crippen LogP contribution in [-0.2, 0) is 6.54 Å². The van der Waals surface area contributed by atoms with Gasteiger partial charge in [-0.15, -0.1) is 0 Å². The van der Waals surface area contributed by atoms with Gasteiger partial charge in [0, 0.05) is 46.8 Å². The van der Waals surface area contributed by atoms with Crippen molar-refractivity contribution < 1.29 is 14.3 Å². The van der Waals surface area contributed by atoms with Gasteiger partial charge in [-0.3, -0.25) is 4.90 Å². The molecule has 0 atom stereocenters. The van der Waals surface area contributed by atoms with E-state index < -0.39 is 12.1 Å². The van der Waals surface area contributed by atoms with E-state index in [0.29, 0.717) is 11.4 Å². The second-order valence-electron chi connectivity index (χ2n) is 6.16. The number of carbonyl (C=O) groups is 2. The molecule has 4 amide bonds. The fraction of sp³-hybridized carbons (Fsp3) is 0.556. The topological polar surface area (TPSA) is 77.2 Å². The summed E-state index contributed by atoms with van der Waals surface area (Å²) in [6.07, 6.45) is 0. The van der Waals surface area contributed by atoms with Crippen molar-refractivity contribution in [1.82, 2.24) is 20.4 Å². The minimum absolute atomic E-state index is 0.427. The quantitative estimate of drug-likeness (QED) is 0.825. The SMILES string of the molecule is CCN1CCN(Cc2ccc(OC)c(N(C(=O)NC)C(=O)NC)c2)CC1. The average Bonchev–Trinajstić information content (AvgIpc) is 2.68. The van der Waals surface area contributed by atoms with E-state index in [1.165, 1.54) is 21.2 Å². The Bertz CT molecular complexity index is 613. The number of imide groups is 1. The first-order valence-corrected chi connectivity index (χ1v) is 8.89. The third-order valence-electron chi connectivity index (χ3n) is 4.64. The normalized spacial score (nSPS) is 15.4. The molecule has 2 N–H and O–H groups in total. The Morgan fingerprint density at radius 1 is 1.08 bits per heavy atom. The average molecular weight is 363 g/mol. The minimum Gasteiger partial charge on any atom is -0.495 e. The second-order valence-corrected chi connectivity index (χ2v) is 6.16. The van der Waals surface area contributed by atoms with Crippen LogP contribution in [0.2, 0.25) is 0 Å². The summed E-state index contributed by atoms with van der Waals surface area (Å²) in [5, 5.41) is 4.99. The highest BCUT2D eigenvalue weighted by molar-refractivity contribution is 6.14. The lowest BCUT2D eigenvalue weighted by Crippen LogP contribution is -2.47. The molecule has 144 valence electrons. The lowest BCUT2D eigenvalue weighted by atomic mass is 10.1. The van der Waals surface area contributed by atoms with E-state index in [1.807, 2.05) is 12.1 Å². The zero-order chi connectivity index (χ0) is 19.1. The molecule has 0 bridgehead atoms. The number of anilines is 1. The fourth-order valence-electron chi connectivity index (χ4n) is 3.07. The van der Waals surface area contributed by atoms with E-state index in [-0.39, 0.29) is 0 Å². The third kappa shape index (κ3) is 4.64. The predicted molar refractivity (Wildman–Crippen MR) is 102 cm³/mol. The molecule has 0 aliphatic carbocycles. The standard InChI is InChI=1S/C18H29N5O3/c1-5-21-8-10-22(11-9-21)13-14-6-7-16(26-4)15(12-14)23(17(24)19-2)18(25)20-3/h6-7,12H,5,8-11,13H2,1-4H3,(H,19,24)(H,20,25). The van der Waals surface area contributed by atoms with Crippen LogP contribution in [0.15, 0.2) is 18.2 Å². The Hall–Kier alpha value is -2.32. The number of likely N-dealkylation sites (N-methyl/N-ethyl adjacent to an activating group) is 1. The van der Waals surface area contributed by atoms with E-state index in [2.05, 4.69) is 27.4 Å². The molecular weight excluding hydrogens is 334 g/mol. The Labute approximate surface area is 155 Å². The number of methoxy groups -OCH3 is 1. The summed E-state index contributed by atoms with van der Waals surface area (Å²) in [6.45, 7) is 8.15. The van der Waals surface area contributed by atoms with Crippen molar-refractivity contribution in [3.05, 3.63) is 23.8 Å². The van der Waals surface area contributed by atoms with Crippen LogP contribution in [-0.4, -0.2) is 75.8 Å². The van der Waals surface area contributed by atoms with E-state index in [0.717, 1.165) is 49.7 Å². The Morgan fingerprint density at radius 3 is 2.15 bits per heavy atom. The molecule has 8 nitrogen and oxygen atoms in total. The van der Waals surface area contributed by atoms with E-state index in [9.17, 15) is 9.59 Å². The molecule has 0 unspecified atom stereocenters. The van der Waals surface area contributed by atoms with Crippen molar-refractivity contribution in [2.75, 3.05) is 58.8 Å². The van der Waals surface area contributed by atoms with Crippen LogP contribution in [0.25, 0.3) is 0 Å². The molecular formula is C18H29N5O3. The van der Waals surface area contributed by atoms with Crippen LogP contribution in [0.5, 0.6) is 5.75 Å². The monoisotopic (exact) mass is 363 g/mol. The Kier molecular flexibility index (Phi) is 7.23. The molecule has 0 aromatic heterocycles. The molecule has 0 spiro atoms. The Morgan fingerprint density at radius 2 is 1.65 bits per heavy atom. The van der Waals surface area contributed by atoms with Crippen molar-refractivity contribution >= 4 is 17.7 Å². The third-order valence-corrected chi connectivity index (χ3v) is 4.64. The smallest absolute Gasteiger partial charge is 0.330 e. The number of rotatable bonds is 5. The van der Waals surface area contributed by atoms with Gasteiger partial charge in [-0.1, -0.05) is 13.0 Å². The lowest BCUT2D eigenvalue weighted by Gasteiger charge is -2.34. The highest BCUT2D eigenvalue weighted by Crippen LogP contribution is 2.30. The molecule has 1 fully saturated rings. The first kappa shape index (κ1) is 20.0. The lowest BCUT2D eigenvalue weighted by molar-refractivity contribution is 0.132. The minimum atomic E-state index is -0.517. The van der Waals surface area contributed by atoms with Crippen molar-refractivity contribution in [1.29, 1.82) is 0 Å². The van der Waals surface area contributed by atoms with Gasteiger partial charge < -0.3 is 20.3 Å². The maximum absolute atomic E-state index is 12.2. The first-order chi connectivity index (χ1) is 12.5. The molecule has 2 rings (SSSR count). The largest absolute Gasteiger partial charge is 0.495 e. The number of nitrogens with zero attached hydrogens (tertiary/aromatic N) is 3. The van der Waals surface area contributed by atoms with E-state index in [1.54, 1.807) is 6.07 Å². The van der Waals surface area contributed by atoms with Crippen LogP contribution in [0.3, 0.4) is 0 Å². The van der Waals surface area contributed by atoms with Gasteiger partial charge >= 0.3 is 12.1 Å². The molecule has 1 aromatic carbocycles. The van der Waals surface area contributed by atoms with Gasteiger partial charge in [-0.25, -0.2) is 14.5 Å². The summed E-state index contributed by atoms with van der Waals surface area (Å²) in [7, 11) is 4.50. The predicted octanol–water partition coefficient (Wildman–Crippen LogP) is 1.32. The number of benzene rings is 1. The number of hydrogen-bond donors (Lipinski definition) is 2. The highest BCUT2D eigenvalue weighted by atomic mass is 16.5. The molecule has 8 heteroatoms. The maximum Gasteiger partial charge on any atom is 0.330 e. The molecule has 0 saturated carbocycles. The van der Waals surface area contributed by atoms with Gasteiger partial charge in [0.05, 0.1) is 12.8 Å².